The van der Waals surface area contributed by atoms with Crippen molar-refractivity contribution in [1.82, 2.24) is 4.90 Å². The van der Waals surface area contributed by atoms with Crippen LogP contribution in [0.25, 0.3) is 0 Å². The molecule has 2 nitrogen and oxygen atoms in total. The van der Waals surface area contributed by atoms with Gasteiger partial charge in [0.05, 0.1) is 0 Å². The molecule has 0 N–H and O–H groups in total. The maximum atomic E-state index is 12.4. The molecular formula is C16H23NO. The highest BCUT2D eigenvalue weighted by atomic mass is 16.2. The fourth-order valence-corrected chi connectivity index (χ4v) is 2.66. The molecule has 1 aromatic rings. The average molecular weight is 245 g/mol. The molecule has 2 atom stereocenters. The molecule has 1 saturated heterocycles. The van der Waals surface area contributed by atoms with Crippen LogP contribution >= 0.6 is 0 Å². The summed E-state index contributed by atoms with van der Waals surface area (Å²) in [7, 11) is 0. The molecule has 1 aliphatic rings. The van der Waals surface area contributed by atoms with Crippen LogP contribution in [0.2, 0.25) is 0 Å². The Hall–Kier alpha value is -1.31. The molecule has 1 aromatic carbocycles. The fourth-order valence-electron chi connectivity index (χ4n) is 2.66. The van der Waals surface area contributed by atoms with E-state index >= 15 is 0 Å². The van der Waals surface area contributed by atoms with E-state index in [0.29, 0.717) is 11.8 Å². The molecule has 0 saturated carbocycles. The standard InChI is InChI=1S/C16H23NO/c1-13(15-9-5-3-6-10-15)14(2)16(18)17-11-7-4-8-12-17/h3,5-6,9-10,13-14H,4,7-8,11-12H2,1-2H3. The molecule has 0 radical (unpaired) electrons. The first-order valence-electron chi connectivity index (χ1n) is 7.04. The number of nitrogens with zero attached hydrogens (tertiary/aromatic N) is 1. The summed E-state index contributed by atoms with van der Waals surface area (Å²) in [5.74, 6) is 0.692. The van der Waals surface area contributed by atoms with Gasteiger partial charge in [-0.2, -0.15) is 0 Å². The van der Waals surface area contributed by atoms with Crippen LogP contribution < -0.4 is 0 Å². The molecule has 0 spiro atoms. The Morgan fingerprint density at radius 1 is 1.06 bits per heavy atom. The largest absolute Gasteiger partial charge is 0.342 e. The van der Waals surface area contributed by atoms with E-state index in [1.54, 1.807) is 0 Å². The molecule has 2 heteroatoms. The topological polar surface area (TPSA) is 20.3 Å². The van der Waals surface area contributed by atoms with Crippen molar-refractivity contribution in [3.63, 3.8) is 0 Å². The van der Waals surface area contributed by atoms with E-state index in [4.69, 9.17) is 0 Å². The number of amides is 1. The molecule has 18 heavy (non-hydrogen) atoms. The van der Waals surface area contributed by atoms with Crippen LogP contribution in [0, 0.1) is 5.92 Å². The molecule has 0 bridgehead atoms. The lowest BCUT2D eigenvalue weighted by molar-refractivity contribution is -0.136. The van der Waals surface area contributed by atoms with Gasteiger partial charge in [0, 0.05) is 19.0 Å². The minimum absolute atomic E-state index is 0.0745. The number of piperidine rings is 1. The Kier molecular flexibility index (Phi) is 4.40. The maximum absolute atomic E-state index is 12.4. The third-order valence-corrected chi connectivity index (χ3v) is 4.13. The molecule has 0 aromatic heterocycles. The lowest BCUT2D eigenvalue weighted by Crippen LogP contribution is -2.40. The van der Waals surface area contributed by atoms with Gasteiger partial charge in [-0.25, -0.2) is 0 Å². The van der Waals surface area contributed by atoms with E-state index in [2.05, 4.69) is 26.0 Å². The van der Waals surface area contributed by atoms with Crippen molar-refractivity contribution in [3.05, 3.63) is 35.9 Å². The Balaban J connectivity index is 2.01. The molecule has 1 heterocycles. The fraction of sp³-hybridized carbons (Fsp3) is 0.562. The van der Waals surface area contributed by atoms with Crippen molar-refractivity contribution in [2.24, 2.45) is 5.92 Å². The predicted molar refractivity (Wildman–Crippen MR) is 74.5 cm³/mol. The first-order chi connectivity index (χ1) is 8.70. The molecule has 1 fully saturated rings. The molecule has 1 aliphatic heterocycles. The van der Waals surface area contributed by atoms with Crippen molar-refractivity contribution in [2.45, 2.75) is 39.0 Å². The minimum Gasteiger partial charge on any atom is -0.342 e. The minimum atomic E-state index is 0.0745. The second-order valence-corrected chi connectivity index (χ2v) is 5.37. The summed E-state index contributed by atoms with van der Waals surface area (Å²) >= 11 is 0. The number of hydrogen-bond donors (Lipinski definition) is 0. The summed E-state index contributed by atoms with van der Waals surface area (Å²) in [6, 6.07) is 10.3. The van der Waals surface area contributed by atoms with Gasteiger partial charge in [0.15, 0.2) is 0 Å². The Morgan fingerprint density at radius 3 is 2.28 bits per heavy atom. The predicted octanol–water partition coefficient (Wildman–Crippen LogP) is 3.44. The van der Waals surface area contributed by atoms with E-state index in [1.165, 1.54) is 12.0 Å². The number of carbonyl (C=O) groups excluding carboxylic acids is 1. The van der Waals surface area contributed by atoms with Crippen molar-refractivity contribution in [2.75, 3.05) is 13.1 Å². The summed E-state index contributed by atoms with van der Waals surface area (Å²) < 4.78 is 0. The Bertz CT molecular complexity index is 381. The van der Waals surface area contributed by atoms with Crippen LogP contribution in [0.3, 0.4) is 0 Å². The SMILES string of the molecule is CC(C(=O)N1CCCCC1)C(C)c1ccccc1. The van der Waals surface area contributed by atoms with Crippen molar-refractivity contribution in [1.29, 1.82) is 0 Å². The summed E-state index contributed by atoms with van der Waals surface area (Å²) in [5.41, 5.74) is 1.26. The maximum Gasteiger partial charge on any atom is 0.226 e. The van der Waals surface area contributed by atoms with E-state index in [9.17, 15) is 4.79 Å². The van der Waals surface area contributed by atoms with Gasteiger partial charge in [-0.15, -0.1) is 0 Å². The first-order valence-corrected chi connectivity index (χ1v) is 7.04. The molecule has 98 valence electrons. The second kappa shape index (κ2) is 6.03. The van der Waals surface area contributed by atoms with E-state index in [0.717, 1.165) is 25.9 Å². The molecule has 2 unspecified atom stereocenters. The zero-order valence-corrected chi connectivity index (χ0v) is 11.4. The number of rotatable bonds is 3. The van der Waals surface area contributed by atoms with E-state index < -0.39 is 0 Å². The van der Waals surface area contributed by atoms with E-state index in [1.807, 2.05) is 23.1 Å². The van der Waals surface area contributed by atoms with Gasteiger partial charge in [0.25, 0.3) is 0 Å². The highest BCUT2D eigenvalue weighted by Crippen LogP contribution is 2.26. The van der Waals surface area contributed by atoms with Gasteiger partial charge < -0.3 is 4.90 Å². The summed E-state index contributed by atoms with van der Waals surface area (Å²) in [5, 5.41) is 0. The molecule has 2 rings (SSSR count). The first kappa shape index (κ1) is 13.1. The molecule has 0 aliphatic carbocycles. The van der Waals surface area contributed by atoms with Crippen LogP contribution in [0.1, 0.15) is 44.6 Å². The average Bonchev–Trinajstić information content (AvgIpc) is 2.47. The van der Waals surface area contributed by atoms with Crippen LogP contribution in [-0.4, -0.2) is 23.9 Å². The Labute approximate surface area is 110 Å². The van der Waals surface area contributed by atoms with Gasteiger partial charge in [-0.1, -0.05) is 44.2 Å². The highest BCUT2D eigenvalue weighted by molar-refractivity contribution is 5.79. The number of benzene rings is 1. The number of carbonyl (C=O) groups is 1. The Morgan fingerprint density at radius 2 is 1.67 bits per heavy atom. The monoisotopic (exact) mass is 245 g/mol. The third kappa shape index (κ3) is 2.92. The van der Waals surface area contributed by atoms with Crippen molar-refractivity contribution < 1.29 is 4.79 Å². The van der Waals surface area contributed by atoms with E-state index in [-0.39, 0.29) is 5.92 Å². The molecule has 1 amide bonds. The lowest BCUT2D eigenvalue weighted by Gasteiger charge is -2.31. The third-order valence-electron chi connectivity index (χ3n) is 4.13. The number of likely N-dealkylation sites (tertiary alicyclic amines) is 1. The smallest absolute Gasteiger partial charge is 0.226 e. The summed E-state index contributed by atoms with van der Waals surface area (Å²) in [6.07, 6.45) is 3.60. The van der Waals surface area contributed by atoms with Gasteiger partial charge in [-0.3, -0.25) is 4.79 Å². The van der Waals surface area contributed by atoms with Crippen LogP contribution in [0.15, 0.2) is 30.3 Å². The van der Waals surface area contributed by atoms with Gasteiger partial charge in [0.2, 0.25) is 5.91 Å². The van der Waals surface area contributed by atoms with Crippen molar-refractivity contribution in [3.8, 4) is 0 Å². The highest BCUT2D eigenvalue weighted by Gasteiger charge is 2.26. The number of hydrogen-bond acceptors (Lipinski definition) is 1. The van der Waals surface area contributed by atoms with Crippen LogP contribution in [0.5, 0.6) is 0 Å². The second-order valence-electron chi connectivity index (χ2n) is 5.37. The normalized spacial score (nSPS) is 19.3. The van der Waals surface area contributed by atoms with Gasteiger partial charge in [0.1, 0.15) is 0 Å². The van der Waals surface area contributed by atoms with Gasteiger partial charge in [-0.05, 0) is 30.7 Å². The van der Waals surface area contributed by atoms with Crippen LogP contribution in [0.4, 0.5) is 0 Å². The van der Waals surface area contributed by atoms with Crippen molar-refractivity contribution >= 4 is 5.91 Å². The zero-order chi connectivity index (χ0) is 13.0. The zero-order valence-electron chi connectivity index (χ0n) is 11.4. The van der Waals surface area contributed by atoms with Crippen LogP contribution in [-0.2, 0) is 4.79 Å². The lowest BCUT2D eigenvalue weighted by atomic mass is 9.87. The quantitative estimate of drug-likeness (QED) is 0.799. The summed E-state index contributed by atoms with van der Waals surface area (Å²) in [4.78, 5) is 14.5. The summed E-state index contributed by atoms with van der Waals surface area (Å²) in [6.45, 7) is 6.12. The van der Waals surface area contributed by atoms with Gasteiger partial charge >= 0.3 is 0 Å². The molecular weight excluding hydrogens is 222 g/mol.